The largest absolute Gasteiger partial charge is 0.493 e. The van der Waals surface area contributed by atoms with Crippen LogP contribution in [-0.2, 0) is 6.54 Å². The molecule has 0 atom stereocenters. The summed E-state index contributed by atoms with van der Waals surface area (Å²) in [6, 6.07) is 6.20. The van der Waals surface area contributed by atoms with E-state index in [1.165, 1.54) is 12.1 Å². The smallest absolute Gasteiger partial charge is 0.213 e. The number of aliphatic imine (C=N–C) groups is 1. The number of hydrogen-bond donors (Lipinski definition) is 3. The number of nitrogens with one attached hydrogen (secondary N) is 1. The monoisotopic (exact) mass is 263 g/mol. The molecule has 0 fully saturated rings. The van der Waals surface area contributed by atoms with Crippen LogP contribution in [0.5, 0.6) is 5.88 Å². The molecule has 3 rings (SSSR count). The van der Waals surface area contributed by atoms with Crippen molar-refractivity contribution in [1.82, 2.24) is 4.98 Å². The van der Waals surface area contributed by atoms with Crippen LogP contribution >= 0.6 is 12.6 Å². The number of benzene rings is 1. The molecule has 0 amide bonds. The van der Waals surface area contributed by atoms with Gasteiger partial charge in [-0.2, -0.15) is 0 Å². The fourth-order valence-corrected chi connectivity index (χ4v) is 2.16. The summed E-state index contributed by atoms with van der Waals surface area (Å²) in [5, 5.41) is 10.3. The van der Waals surface area contributed by atoms with Crippen LogP contribution in [0.2, 0.25) is 0 Å². The molecule has 1 aromatic heterocycles. The topological polar surface area (TPSA) is 51.6 Å². The second kappa shape index (κ2) is 4.06. The van der Waals surface area contributed by atoms with Gasteiger partial charge < -0.3 is 15.0 Å². The normalized spacial score (nSPS) is 13.8. The van der Waals surface area contributed by atoms with Gasteiger partial charge in [0.2, 0.25) is 5.88 Å². The van der Waals surface area contributed by atoms with Crippen molar-refractivity contribution in [2.24, 2.45) is 4.99 Å². The lowest BCUT2D eigenvalue weighted by atomic mass is 10.1. The van der Waals surface area contributed by atoms with Crippen molar-refractivity contribution in [3.8, 4) is 5.88 Å². The summed E-state index contributed by atoms with van der Waals surface area (Å²) in [6.07, 6.45) is 1.57. The van der Waals surface area contributed by atoms with Gasteiger partial charge in [-0.1, -0.05) is 6.07 Å². The zero-order chi connectivity index (χ0) is 12.7. The maximum Gasteiger partial charge on any atom is 0.213 e. The van der Waals surface area contributed by atoms with Crippen molar-refractivity contribution >= 4 is 30.3 Å². The number of H-pyrrole nitrogens is 1. The Kier molecular flexibility index (Phi) is 2.52. The first-order valence-corrected chi connectivity index (χ1v) is 5.78. The highest BCUT2D eigenvalue weighted by molar-refractivity contribution is 7.80. The van der Waals surface area contributed by atoms with Crippen LogP contribution in [-0.4, -0.2) is 16.4 Å². The van der Waals surface area contributed by atoms with Crippen LogP contribution in [0.25, 0.3) is 0 Å². The summed E-state index contributed by atoms with van der Waals surface area (Å²) in [7, 11) is 0. The average Bonchev–Trinajstić information content (AvgIpc) is 2.68. The lowest BCUT2D eigenvalue weighted by molar-refractivity contribution is 0.455. The Hall–Kier alpha value is -1.95. The summed E-state index contributed by atoms with van der Waals surface area (Å²) in [5.41, 5.74) is 2.12. The number of aromatic nitrogens is 1. The van der Waals surface area contributed by atoms with Gasteiger partial charge in [-0.15, -0.1) is 12.6 Å². The van der Waals surface area contributed by atoms with E-state index >= 15 is 0 Å². The molecule has 2 heterocycles. The van der Waals surface area contributed by atoms with Crippen molar-refractivity contribution < 1.29 is 9.50 Å². The van der Waals surface area contributed by atoms with Gasteiger partial charge >= 0.3 is 0 Å². The van der Waals surface area contributed by atoms with E-state index in [9.17, 15) is 9.50 Å². The lowest BCUT2D eigenvalue weighted by Gasteiger charge is -2.23. The molecule has 92 valence electrons. The molecule has 0 bridgehead atoms. The first kappa shape index (κ1) is 11.2. The molecule has 2 N–H and O–H groups in total. The lowest BCUT2D eigenvalue weighted by Crippen LogP contribution is -2.22. The molecule has 0 radical (unpaired) electrons. The number of thiol groups is 1. The second-order valence-electron chi connectivity index (χ2n) is 4.03. The molecule has 4 nitrogen and oxygen atoms in total. The number of rotatable bonds is 1. The Bertz CT molecular complexity index is 638. The molecular formula is C12H10FN3OS. The molecule has 2 aromatic rings. The standard InChI is InChI=1S/C12H10FN3OS/c13-8-2-1-7-5-16(6-14-9(7)3-8)10-4-11(18)15-12(10)17/h1-4,6,15,17-18H,5H2. The SMILES string of the molecule is Oc1[nH]c(S)cc1N1C=Nc2cc(F)ccc2C1. The second-order valence-corrected chi connectivity index (χ2v) is 4.52. The van der Waals surface area contributed by atoms with Crippen LogP contribution in [0.4, 0.5) is 15.8 Å². The molecule has 0 unspecified atom stereocenters. The van der Waals surface area contributed by atoms with Gasteiger partial charge in [-0.3, -0.25) is 0 Å². The third-order valence-electron chi connectivity index (χ3n) is 2.80. The van der Waals surface area contributed by atoms with E-state index in [1.54, 1.807) is 23.4 Å². The van der Waals surface area contributed by atoms with E-state index in [1.807, 2.05) is 0 Å². The molecule has 1 aliphatic heterocycles. The minimum Gasteiger partial charge on any atom is -0.493 e. The molecule has 6 heteroatoms. The Morgan fingerprint density at radius 2 is 2.22 bits per heavy atom. The maximum absolute atomic E-state index is 13.0. The van der Waals surface area contributed by atoms with Gasteiger partial charge in [0.25, 0.3) is 0 Å². The number of fused-ring (bicyclic) bond motifs is 1. The van der Waals surface area contributed by atoms with E-state index in [0.29, 0.717) is 22.9 Å². The van der Waals surface area contributed by atoms with Crippen LogP contribution in [0, 0.1) is 5.82 Å². The highest BCUT2D eigenvalue weighted by Gasteiger charge is 2.17. The number of halogens is 1. The highest BCUT2D eigenvalue weighted by Crippen LogP contribution is 2.33. The summed E-state index contributed by atoms with van der Waals surface area (Å²) in [6.45, 7) is 0.526. The van der Waals surface area contributed by atoms with Gasteiger partial charge in [-0.05, 0) is 23.8 Å². The average molecular weight is 263 g/mol. The number of anilines is 1. The number of aromatic hydroxyl groups is 1. The maximum atomic E-state index is 13.0. The predicted molar refractivity (Wildman–Crippen MR) is 70.4 cm³/mol. The third-order valence-corrected chi connectivity index (χ3v) is 3.04. The summed E-state index contributed by atoms with van der Waals surface area (Å²) >= 11 is 4.13. The zero-order valence-corrected chi connectivity index (χ0v) is 10.2. The minimum absolute atomic E-state index is 0.0389. The van der Waals surface area contributed by atoms with Gasteiger partial charge in [0.05, 0.1) is 23.6 Å². The van der Waals surface area contributed by atoms with Gasteiger partial charge in [-0.25, -0.2) is 9.38 Å². The van der Waals surface area contributed by atoms with Crippen molar-refractivity contribution in [3.05, 3.63) is 35.6 Å². The van der Waals surface area contributed by atoms with E-state index in [0.717, 1.165) is 5.56 Å². The predicted octanol–water partition coefficient (Wildman–Crippen LogP) is 2.83. The van der Waals surface area contributed by atoms with Crippen molar-refractivity contribution in [1.29, 1.82) is 0 Å². The minimum atomic E-state index is -0.304. The Balaban J connectivity index is 1.97. The number of aromatic amines is 1. The van der Waals surface area contributed by atoms with E-state index in [-0.39, 0.29) is 11.7 Å². The van der Waals surface area contributed by atoms with E-state index in [2.05, 4.69) is 22.6 Å². The Morgan fingerprint density at radius 1 is 1.39 bits per heavy atom. The van der Waals surface area contributed by atoms with Gasteiger partial charge in [0.15, 0.2) is 0 Å². The first-order chi connectivity index (χ1) is 8.63. The van der Waals surface area contributed by atoms with Crippen molar-refractivity contribution in [2.45, 2.75) is 11.6 Å². The summed E-state index contributed by atoms with van der Waals surface area (Å²) < 4.78 is 13.0. The van der Waals surface area contributed by atoms with Gasteiger partial charge in [0.1, 0.15) is 11.5 Å². The van der Waals surface area contributed by atoms with E-state index in [4.69, 9.17) is 0 Å². The fraction of sp³-hybridized carbons (Fsp3) is 0.0833. The van der Waals surface area contributed by atoms with Crippen molar-refractivity contribution in [3.63, 3.8) is 0 Å². The van der Waals surface area contributed by atoms with Crippen LogP contribution < -0.4 is 4.90 Å². The zero-order valence-electron chi connectivity index (χ0n) is 9.26. The summed E-state index contributed by atoms with van der Waals surface area (Å²) in [4.78, 5) is 8.64. The summed E-state index contributed by atoms with van der Waals surface area (Å²) in [5.74, 6) is -0.265. The van der Waals surface area contributed by atoms with Crippen LogP contribution in [0.3, 0.4) is 0 Å². The molecule has 0 aliphatic carbocycles. The molecule has 1 aromatic carbocycles. The molecule has 1 aliphatic rings. The number of nitrogens with zero attached hydrogens (tertiary/aromatic N) is 2. The van der Waals surface area contributed by atoms with Gasteiger partial charge in [0, 0.05) is 0 Å². The van der Waals surface area contributed by atoms with Crippen LogP contribution in [0.1, 0.15) is 5.56 Å². The quantitative estimate of drug-likeness (QED) is 0.693. The Morgan fingerprint density at radius 3 is 2.94 bits per heavy atom. The molecule has 18 heavy (non-hydrogen) atoms. The van der Waals surface area contributed by atoms with Crippen LogP contribution in [0.15, 0.2) is 34.3 Å². The van der Waals surface area contributed by atoms with Crippen molar-refractivity contribution in [2.75, 3.05) is 4.90 Å². The third kappa shape index (κ3) is 1.84. The fourth-order valence-electron chi connectivity index (χ4n) is 1.93. The molecule has 0 saturated carbocycles. The molecule has 0 saturated heterocycles. The first-order valence-electron chi connectivity index (χ1n) is 5.33. The van der Waals surface area contributed by atoms with E-state index < -0.39 is 0 Å². The number of hydrogen-bond acceptors (Lipinski definition) is 4. The highest BCUT2D eigenvalue weighted by atomic mass is 32.1. The Labute approximate surface area is 108 Å². The molecular weight excluding hydrogens is 253 g/mol. The molecule has 0 spiro atoms.